The molecule has 1 N–H and O–H groups in total. The molecule has 6 atom stereocenters. The first kappa shape index (κ1) is 29.2. The number of rotatable bonds is 7. The summed E-state index contributed by atoms with van der Waals surface area (Å²) in [6.45, 7) is 10.9. The van der Waals surface area contributed by atoms with Crippen LogP contribution in [-0.2, 0) is 11.8 Å². The van der Waals surface area contributed by atoms with Gasteiger partial charge in [-0.25, -0.2) is 0 Å². The van der Waals surface area contributed by atoms with Crippen molar-refractivity contribution < 1.29 is 9.59 Å². The van der Waals surface area contributed by atoms with Crippen LogP contribution in [0, 0.1) is 24.7 Å². The van der Waals surface area contributed by atoms with Crippen LogP contribution >= 0.6 is 0 Å². The zero-order valence-corrected chi connectivity index (χ0v) is 26.4. The van der Waals surface area contributed by atoms with E-state index in [4.69, 9.17) is 0 Å². The van der Waals surface area contributed by atoms with Crippen molar-refractivity contribution >= 4 is 22.7 Å². The van der Waals surface area contributed by atoms with Crippen LogP contribution in [0.3, 0.4) is 0 Å². The Morgan fingerprint density at radius 3 is 2.42 bits per heavy atom. The van der Waals surface area contributed by atoms with E-state index in [-0.39, 0.29) is 23.8 Å². The predicted octanol–water partition coefficient (Wildman–Crippen LogP) is 8.05. The number of aromatic nitrogens is 1. The number of nitrogens with zero attached hydrogens (tertiary/aromatic N) is 2. The largest absolute Gasteiger partial charge is 0.351 e. The molecule has 2 heterocycles. The third kappa shape index (κ3) is 4.97. The summed E-state index contributed by atoms with van der Waals surface area (Å²) < 4.78 is 2.25. The summed E-state index contributed by atoms with van der Waals surface area (Å²) >= 11 is 0. The second-order valence-electron chi connectivity index (χ2n) is 13.1. The highest BCUT2D eigenvalue weighted by Gasteiger charge is 2.48. The molecule has 0 bridgehead atoms. The maximum atomic E-state index is 14.5. The highest BCUT2D eigenvalue weighted by atomic mass is 16.2. The number of hydrogen-bond acceptors (Lipinski definition) is 2. The minimum atomic E-state index is -0.593. The normalized spacial score (nSPS) is 23.3. The van der Waals surface area contributed by atoms with Gasteiger partial charge in [0.2, 0.25) is 5.91 Å². The number of hydrogen-bond donors (Lipinski definition) is 1. The van der Waals surface area contributed by atoms with E-state index in [2.05, 4.69) is 106 Å². The van der Waals surface area contributed by atoms with Crippen LogP contribution in [-0.4, -0.2) is 33.4 Å². The molecular formula is C38H45N3O2. The van der Waals surface area contributed by atoms with Gasteiger partial charge in [-0.2, -0.15) is 0 Å². The number of carbonyl (C=O) groups excluding carboxylic acids is 2. The van der Waals surface area contributed by atoms with E-state index in [1.54, 1.807) is 0 Å². The Hall–Kier alpha value is -3.86. The first-order valence-corrected chi connectivity index (χ1v) is 16.1. The fraction of sp³-hybridized carbons (Fsp3) is 0.421. The van der Waals surface area contributed by atoms with Crippen molar-refractivity contribution in [2.24, 2.45) is 24.8 Å². The standard InChI is InChI=1S/C38H45N3O2/c1-7-24(3)34(37(42)39-31-17-12-13-25(4)26(31)5)41-36(28-14-8-9-15-29(28)38(41)43)33-30-16-10-11-18-32(30)40(6)35(33)27-21-19-23(2)20-22-27/h8-11,14-16,18-22,24-26,31,34,36H,7,12-13,17H2,1-6H3,(H,39,42). The van der Waals surface area contributed by atoms with Crippen molar-refractivity contribution in [2.75, 3.05) is 0 Å². The van der Waals surface area contributed by atoms with Gasteiger partial charge in [-0.3, -0.25) is 9.59 Å². The molecule has 1 aromatic heterocycles. The Kier molecular flexibility index (Phi) is 7.93. The van der Waals surface area contributed by atoms with Gasteiger partial charge in [0.25, 0.3) is 5.91 Å². The second kappa shape index (κ2) is 11.7. The highest BCUT2D eigenvalue weighted by molar-refractivity contribution is 6.04. The number of aryl methyl sites for hydroxylation is 2. The molecular weight excluding hydrogens is 530 g/mol. The summed E-state index contributed by atoms with van der Waals surface area (Å²) in [6.07, 6.45) is 4.11. The van der Waals surface area contributed by atoms with Crippen molar-refractivity contribution in [1.82, 2.24) is 14.8 Å². The molecule has 1 aliphatic carbocycles. The van der Waals surface area contributed by atoms with Gasteiger partial charge in [0, 0.05) is 35.1 Å². The van der Waals surface area contributed by atoms with Crippen molar-refractivity contribution in [3.63, 3.8) is 0 Å². The summed E-state index contributed by atoms with van der Waals surface area (Å²) in [7, 11) is 2.11. The molecule has 6 rings (SSSR count). The number of benzene rings is 3. The van der Waals surface area contributed by atoms with E-state index in [1.807, 2.05) is 23.1 Å². The lowest BCUT2D eigenvalue weighted by atomic mass is 9.78. The van der Waals surface area contributed by atoms with Crippen molar-refractivity contribution in [3.05, 3.63) is 95.1 Å². The summed E-state index contributed by atoms with van der Waals surface area (Å²) in [5.74, 6) is 0.871. The molecule has 0 radical (unpaired) electrons. The first-order valence-electron chi connectivity index (χ1n) is 16.1. The number of fused-ring (bicyclic) bond motifs is 2. The molecule has 0 saturated heterocycles. The lowest BCUT2D eigenvalue weighted by molar-refractivity contribution is -0.129. The quantitative estimate of drug-likeness (QED) is 0.242. The van der Waals surface area contributed by atoms with Gasteiger partial charge in [-0.05, 0) is 54.4 Å². The minimum absolute atomic E-state index is 0.0186. The molecule has 3 aromatic carbocycles. The molecule has 6 unspecified atom stereocenters. The molecule has 0 spiro atoms. The third-order valence-electron chi connectivity index (χ3n) is 10.5. The molecule has 1 aliphatic heterocycles. The third-order valence-corrected chi connectivity index (χ3v) is 10.5. The van der Waals surface area contributed by atoms with Crippen LogP contribution in [0.25, 0.3) is 22.2 Å². The molecule has 4 aromatic rings. The van der Waals surface area contributed by atoms with Gasteiger partial charge >= 0.3 is 0 Å². The maximum Gasteiger partial charge on any atom is 0.255 e. The van der Waals surface area contributed by atoms with Gasteiger partial charge in [0.15, 0.2) is 0 Å². The molecule has 2 aliphatic rings. The van der Waals surface area contributed by atoms with Crippen molar-refractivity contribution in [3.8, 4) is 11.3 Å². The second-order valence-corrected chi connectivity index (χ2v) is 13.1. The maximum absolute atomic E-state index is 14.5. The number of amides is 2. The molecule has 2 amide bonds. The Bertz CT molecular complexity index is 1650. The number of carbonyl (C=O) groups is 2. The Balaban J connectivity index is 1.55. The van der Waals surface area contributed by atoms with Gasteiger partial charge < -0.3 is 14.8 Å². The fourth-order valence-electron chi connectivity index (χ4n) is 7.61. The van der Waals surface area contributed by atoms with Crippen LogP contribution < -0.4 is 5.32 Å². The van der Waals surface area contributed by atoms with Crippen LogP contribution in [0.5, 0.6) is 0 Å². The van der Waals surface area contributed by atoms with E-state index in [9.17, 15) is 9.59 Å². The lowest BCUT2D eigenvalue weighted by Crippen LogP contribution is -2.55. The van der Waals surface area contributed by atoms with Gasteiger partial charge in [-0.1, -0.05) is 113 Å². The lowest BCUT2D eigenvalue weighted by Gasteiger charge is -2.40. The monoisotopic (exact) mass is 575 g/mol. The Morgan fingerprint density at radius 2 is 1.67 bits per heavy atom. The minimum Gasteiger partial charge on any atom is -0.351 e. The average Bonchev–Trinajstić information content (AvgIpc) is 3.46. The van der Waals surface area contributed by atoms with Gasteiger partial charge in [0.1, 0.15) is 6.04 Å². The van der Waals surface area contributed by atoms with Crippen molar-refractivity contribution in [1.29, 1.82) is 0 Å². The Morgan fingerprint density at radius 1 is 0.977 bits per heavy atom. The topological polar surface area (TPSA) is 54.3 Å². The molecule has 43 heavy (non-hydrogen) atoms. The van der Waals surface area contributed by atoms with Crippen LogP contribution in [0.1, 0.15) is 86.5 Å². The van der Waals surface area contributed by atoms with Crippen LogP contribution in [0.15, 0.2) is 72.8 Å². The molecule has 5 heteroatoms. The molecule has 1 fully saturated rings. The fourth-order valence-corrected chi connectivity index (χ4v) is 7.61. The van der Waals surface area contributed by atoms with Crippen LogP contribution in [0.2, 0.25) is 0 Å². The zero-order valence-electron chi connectivity index (χ0n) is 26.4. The summed E-state index contributed by atoms with van der Waals surface area (Å²) in [6, 6.07) is 24.2. The molecule has 224 valence electrons. The first-order chi connectivity index (χ1) is 20.7. The predicted molar refractivity (Wildman–Crippen MR) is 175 cm³/mol. The van der Waals surface area contributed by atoms with E-state index >= 15 is 0 Å². The van der Waals surface area contributed by atoms with Gasteiger partial charge in [0.05, 0.1) is 11.7 Å². The molecule has 1 saturated carbocycles. The highest BCUT2D eigenvalue weighted by Crippen LogP contribution is 2.48. The summed E-state index contributed by atoms with van der Waals surface area (Å²) in [5, 5.41) is 4.58. The van der Waals surface area contributed by atoms with Crippen molar-refractivity contribution in [2.45, 2.75) is 78.4 Å². The van der Waals surface area contributed by atoms with Gasteiger partial charge in [-0.15, -0.1) is 0 Å². The zero-order chi connectivity index (χ0) is 30.4. The van der Waals surface area contributed by atoms with E-state index in [0.29, 0.717) is 17.4 Å². The molecule has 5 nitrogen and oxygen atoms in total. The van der Waals surface area contributed by atoms with E-state index < -0.39 is 12.1 Å². The number of para-hydroxylation sites is 1. The number of nitrogens with one attached hydrogen (secondary N) is 1. The SMILES string of the molecule is CCC(C)C(C(=O)NC1CCCC(C)C1C)N1C(=O)c2ccccc2C1c1c(-c2ccc(C)cc2)n(C)c2ccccc12. The Labute approximate surface area is 256 Å². The van der Waals surface area contributed by atoms with E-state index in [0.717, 1.165) is 52.5 Å². The average molecular weight is 576 g/mol. The summed E-state index contributed by atoms with van der Waals surface area (Å²) in [5.41, 5.74) is 7.24. The smallest absolute Gasteiger partial charge is 0.255 e. The summed E-state index contributed by atoms with van der Waals surface area (Å²) in [4.78, 5) is 30.9. The van der Waals surface area contributed by atoms with Crippen LogP contribution in [0.4, 0.5) is 0 Å². The van der Waals surface area contributed by atoms with E-state index in [1.165, 1.54) is 12.0 Å².